The summed E-state index contributed by atoms with van der Waals surface area (Å²) in [4.78, 5) is 10.7. The van der Waals surface area contributed by atoms with Crippen LogP contribution in [0, 0.1) is 5.92 Å². The maximum absolute atomic E-state index is 10.7. The van der Waals surface area contributed by atoms with Crippen molar-refractivity contribution in [2.45, 2.75) is 110 Å². The Kier molecular flexibility index (Phi) is 17.0. The highest BCUT2D eigenvalue weighted by atomic mass is 16.4. The summed E-state index contributed by atoms with van der Waals surface area (Å²) in [6.07, 6.45) is 23.8. The Bertz CT molecular complexity index is 284. The molecule has 2 nitrogen and oxygen atoms in total. The van der Waals surface area contributed by atoms with Gasteiger partial charge in [-0.25, -0.2) is 0 Å². The first kappa shape index (κ1) is 22.2. The number of aliphatic carboxylic acids is 1. The van der Waals surface area contributed by atoms with Gasteiger partial charge in [-0.1, -0.05) is 90.2 Å². The van der Waals surface area contributed by atoms with Crippen molar-refractivity contribution in [1.29, 1.82) is 0 Å². The molecule has 0 heterocycles. The molecule has 0 aliphatic heterocycles. The van der Waals surface area contributed by atoms with Gasteiger partial charge < -0.3 is 5.11 Å². The molecule has 136 valence electrons. The molecular weight excluding hydrogens is 284 g/mol. The normalized spacial score (nSPS) is 12.8. The second-order valence-corrected chi connectivity index (χ2v) is 6.97. The van der Waals surface area contributed by atoms with Gasteiger partial charge in [0.1, 0.15) is 0 Å². The van der Waals surface area contributed by atoms with Crippen molar-refractivity contribution in [3.8, 4) is 0 Å². The fraction of sp³-hybridized carbons (Fsp3) is 0.857. The highest BCUT2D eigenvalue weighted by molar-refractivity contribution is 5.69. The Morgan fingerprint density at radius 2 is 1.22 bits per heavy atom. The SMILES string of the molecule is CCCCCCCC=CCCCCCCCCCC(C)C(=O)O. The van der Waals surface area contributed by atoms with Gasteiger partial charge in [0.25, 0.3) is 0 Å². The Hall–Kier alpha value is -0.790. The summed E-state index contributed by atoms with van der Waals surface area (Å²) in [7, 11) is 0. The van der Waals surface area contributed by atoms with E-state index in [9.17, 15) is 4.79 Å². The monoisotopic (exact) mass is 324 g/mol. The van der Waals surface area contributed by atoms with E-state index in [4.69, 9.17) is 5.11 Å². The van der Waals surface area contributed by atoms with E-state index < -0.39 is 5.97 Å². The van der Waals surface area contributed by atoms with Crippen molar-refractivity contribution in [2.75, 3.05) is 0 Å². The molecule has 0 saturated carbocycles. The molecule has 0 saturated heterocycles. The van der Waals surface area contributed by atoms with E-state index >= 15 is 0 Å². The summed E-state index contributed by atoms with van der Waals surface area (Å²) in [5, 5.41) is 8.80. The van der Waals surface area contributed by atoms with Gasteiger partial charge in [0.05, 0.1) is 5.92 Å². The molecule has 0 aliphatic rings. The molecular formula is C21H40O2. The second kappa shape index (κ2) is 17.6. The van der Waals surface area contributed by atoms with E-state index in [1.54, 1.807) is 6.92 Å². The van der Waals surface area contributed by atoms with Crippen LogP contribution in [0.3, 0.4) is 0 Å². The maximum Gasteiger partial charge on any atom is 0.306 e. The van der Waals surface area contributed by atoms with Gasteiger partial charge in [-0.05, 0) is 32.1 Å². The number of unbranched alkanes of at least 4 members (excludes halogenated alkanes) is 12. The number of hydrogen-bond donors (Lipinski definition) is 1. The van der Waals surface area contributed by atoms with Crippen LogP contribution in [0.1, 0.15) is 110 Å². The molecule has 23 heavy (non-hydrogen) atoms. The van der Waals surface area contributed by atoms with Crippen LogP contribution < -0.4 is 0 Å². The number of carboxylic acid groups (broad SMARTS) is 1. The van der Waals surface area contributed by atoms with Crippen LogP contribution in [0.5, 0.6) is 0 Å². The average molecular weight is 325 g/mol. The predicted octanol–water partition coefficient (Wildman–Crippen LogP) is 7.13. The van der Waals surface area contributed by atoms with Crippen molar-refractivity contribution in [3.63, 3.8) is 0 Å². The largest absolute Gasteiger partial charge is 0.481 e. The van der Waals surface area contributed by atoms with Crippen molar-refractivity contribution >= 4 is 5.97 Å². The molecule has 0 aromatic heterocycles. The number of carboxylic acids is 1. The molecule has 0 fully saturated rings. The van der Waals surface area contributed by atoms with E-state index in [1.165, 1.54) is 83.5 Å². The first-order valence-electron chi connectivity index (χ1n) is 10.1. The Labute approximate surface area is 144 Å². The highest BCUT2D eigenvalue weighted by Crippen LogP contribution is 2.13. The van der Waals surface area contributed by atoms with Gasteiger partial charge in [-0.2, -0.15) is 0 Å². The minimum atomic E-state index is -0.654. The summed E-state index contributed by atoms with van der Waals surface area (Å²) in [6, 6.07) is 0. The highest BCUT2D eigenvalue weighted by Gasteiger charge is 2.09. The van der Waals surface area contributed by atoms with E-state index in [1.807, 2.05) is 0 Å². The second-order valence-electron chi connectivity index (χ2n) is 6.97. The fourth-order valence-electron chi connectivity index (χ4n) is 2.82. The zero-order valence-corrected chi connectivity index (χ0v) is 15.7. The maximum atomic E-state index is 10.7. The molecule has 0 aromatic rings. The minimum absolute atomic E-state index is 0.173. The molecule has 0 aliphatic carbocycles. The lowest BCUT2D eigenvalue weighted by atomic mass is 10.0. The lowest BCUT2D eigenvalue weighted by molar-refractivity contribution is -0.141. The third-order valence-corrected chi connectivity index (χ3v) is 4.57. The summed E-state index contributed by atoms with van der Waals surface area (Å²) < 4.78 is 0. The van der Waals surface area contributed by atoms with Crippen LogP contribution in [0.4, 0.5) is 0 Å². The lowest BCUT2D eigenvalue weighted by Crippen LogP contribution is -2.08. The Morgan fingerprint density at radius 3 is 1.70 bits per heavy atom. The van der Waals surface area contributed by atoms with Gasteiger partial charge >= 0.3 is 5.97 Å². The summed E-state index contributed by atoms with van der Waals surface area (Å²) in [6.45, 7) is 4.07. The fourth-order valence-corrected chi connectivity index (χ4v) is 2.82. The third kappa shape index (κ3) is 17.4. The molecule has 0 bridgehead atoms. The molecule has 0 spiro atoms. The molecule has 0 radical (unpaired) electrons. The van der Waals surface area contributed by atoms with Gasteiger partial charge in [0.2, 0.25) is 0 Å². The van der Waals surface area contributed by atoms with E-state index in [2.05, 4.69) is 19.1 Å². The van der Waals surface area contributed by atoms with Gasteiger partial charge in [0, 0.05) is 0 Å². The number of allylic oxidation sites excluding steroid dienone is 2. The van der Waals surface area contributed by atoms with Crippen molar-refractivity contribution in [2.24, 2.45) is 5.92 Å². The van der Waals surface area contributed by atoms with Crippen molar-refractivity contribution in [1.82, 2.24) is 0 Å². The van der Waals surface area contributed by atoms with Crippen LogP contribution in [0.2, 0.25) is 0 Å². The first-order valence-corrected chi connectivity index (χ1v) is 10.1. The van der Waals surface area contributed by atoms with Crippen LogP contribution in [-0.4, -0.2) is 11.1 Å². The zero-order valence-electron chi connectivity index (χ0n) is 15.7. The van der Waals surface area contributed by atoms with Gasteiger partial charge in [0.15, 0.2) is 0 Å². The van der Waals surface area contributed by atoms with E-state index in [0.29, 0.717) is 0 Å². The van der Waals surface area contributed by atoms with Gasteiger partial charge in [-0.15, -0.1) is 0 Å². The molecule has 0 amide bonds. The average Bonchev–Trinajstić information content (AvgIpc) is 2.54. The van der Waals surface area contributed by atoms with E-state index in [0.717, 1.165) is 12.8 Å². The van der Waals surface area contributed by atoms with Crippen LogP contribution >= 0.6 is 0 Å². The molecule has 2 heteroatoms. The number of hydrogen-bond acceptors (Lipinski definition) is 1. The van der Waals surface area contributed by atoms with Gasteiger partial charge in [-0.3, -0.25) is 4.79 Å². The lowest BCUT2D eigenvalue weighted by Gasteiger charge is -2.05. The van der Waals surface area contributed by atoms with Crippen molar-refractivity contribution < 1.29 is 9.90 Å². The molecule has 1 N–H and O–H groups in total. The summed E-state index contributed by atoms with van der Waals surface area (Å²) in [5.74, 6) is -0.826. The Morgan fingerprint density at radius 1 is 0.783 bits per heavy atom. The molecule has 1 unspecified atom stereocenters. The minimum Gasteiger partial charge on any atom is -0.481 e. The number of carbonyl (C=O) groups is 1. The topological polar surface area (TPSA) is 37.3 Å². The predicted molar refractivity (Wildman–Crippen MR) is 101 cm³/mol. The third-order valence-electron chi connectivity index (χ3n) is 4.57. The standard InChI is InChI=1S/C21H40O2/c1-3-4-5-6-7-8-9-10-11-12-13-14-15-16-17-18-19-20(2)21(22)23/h9-10,20H,3-8,11-19H2,1-2H3,(H,22,23). The van der Waals surface area contributed by atoms with Crippen LogP contribution in [0.25, 0.3) is 0 Å². The molecule has 0 rings (SSSR count). The summed E-state index contributed by atoms with van der Waals surface area (Å²) in [5.41, 5.74) is 0. The molecule has 0 aromatic carbocycles. The Balaban J connectivity index is 3.14. The smallest absolute Gasteiger partial charge is 0.306 e. The number of rotatable bonds is 17. The quantitative estimate of drug-likeness (QED) is 0.228. The zero-order chi connectivity index (χ0) is 17.2. The van der Waals surface area contributed by atoms with Crippen LogP contribution in [-0.2, 0) is 4.79 Å². The molecule has 1 atom stereocenters. The first-order chi connectivity index (χ1) is 11.2. The van der Waals surface area contributed by atoms with Crippen LogP contribution in [0.15, 0.2) is 12.2 Å². The van der Waals surface area contributed by atoms with Crippen molar-refractivity contribution in [3.05, 3.63) is 12.2 Å². The summed E-state index contributed by atoms with van der Waals surface area (Å²) >= 11 is 0. The van der Waals surface area contributed by atoms with E-state index in [-0.39, 0.29) is 5.92 Å².